The average molecular weight is 276 g/mol. The van der Waals surface area contributed by atoms with Gasteiger partial charge in [-0.3, -0.25) is 0 Å². The van der Waals surface area contributed by atoms with Gasteiger partial charge in [0.15, 0.2) is 0 Å². The number of fused-ring (bicyclic) bond motifs is 2. The van der Waals surface area contributed by atoms with Crippen molar-refractivity contribution in [3.63, 3.8) is 0 Å². The van der Waals surface area contributed by atoms with E-state index in [1.807, 2.05) is 6.20 Å². The van der Waals surface area contributed by atoms with Crippen LogP contribution in [-0.2, 0) is 6.54 Å². The second-order valence-electron chi connectivity index (χ2n) is 6.39. The first-order valence-corrected chi connectivity index (χ1v) is 8.20. The smallest absolute Gasteiger partial charge is 0.126 e. The van der Waals surface area contributed by atoms with E-state index >= 15 is 0 Å². The number of rotatable bonds is 5. The van der Waals surface area contributed by atoms with Crippen LogP contribution >= 0.6 is 0 Å². The van der Waals surface area contributed by atoms with Crippen molar-refractivity contribution in [2.75, 3.05) is 13.6 Å². The van der Waals surface area contributed by atoms with Crippen molar-refractivity contribution in [2.45, 2.75) is 64.2 Å². The van der Waals surface area contributed by atoms with E-state index in [9.17, 15) is 0 Å². The van der Waals surface area contributed by atoms with Crippen molar-refractivity contribution in [1.29, 1.82) is 0 Å². The fourth-order valence-electron chi connectivity index (χ4n) is 4.28. The molecule has 0 radical (unpaired) electrons. The summed E-state index contributed by atoms with van der Waals surface area (Å²) in [6.45, 7) is 6.43. The molecule has 0 saturated carbocycles. The van der Waals surface area contributed by atoms with Gasteiger partial charge in [-0.2, -0.15) is 0 Å². The zero-order valence-electron chi connectivity index (χ0n) is 13.0. The number of hydrogen-bond donors (Lipinski definition) is 1. The van der Waals surface area contributed by atoms with Gasteiger partial charge in [0.2, 0.25) is 0 Å². The van der Waals surface area contributed by atoms with E-state index in [0.29, 0.717) is 6.04 Å². The lowest BCUT2D eigenvalue weighted by atomic mass is 9.84. The van der Waals surface area contributed by atoms with Crippen molar-refractivity contribution in [1.82, 2.24) is 19.8 Å². The fourth-order valence-corrected chi connectivity index (χ4v) is 4.28. The molecule has 3 heterocycles. The molecule has 2 aliphatic rings. The highest BCUT2D eigenvalue weighted by molar-refractivity contribution is 5.06. The van der Waals surface area contributed by atoms with Crippen LogP contribution in [0.5, 0.6) is 0 Å². The molecule has 0 amide bonds. The number of piperidine rings is 1. The van der Waals surface area contributed by atoms with Crippen LogP contribution in [0.4, 0.5) is 0 Å². The Bertz CT molecular complexity index is 427. The number of nitrogens with one attached hydrogen (secondary N) is 1. The van der Waals surface area contributed by atoms with Crippen molar-refractivity contribution >= 4 is 0 Å². The van der Waals surface area contributed by atoms with Gasteiger partial charge >= 0.3 is 0 Å². The Balaban J connectivity index is 1.81. The van der Waals surface area contributed by atoms with Crippen LogP contribution < -0.4 is 5.32 Å². The minimum atomic E-state index is 0.423. The van der Waals surface area contributed by atoms with Gasteiger partial charge in [0.25, 0.3) is 0 Å². The van der Waals surface area contributed by atoms with E-state index in [-0.39, 0.29) is 0 Å². The van der Waals surface area contributed by atoms with E-state index in [1.54, 1.807) is 0 Å². The molecule has 1 N–H and O–H groups in total. The fraction of sp³-hybridized carbons (Fsp3) is 0.812. The summed E-state index contributed by atoms with van der Waals surface area (Å²) in [5.74, 6) is 1.97. The van der Waals surface area contributed by atoms with Gasteiger partial charge in [0.1, 0.15) is 5.82 Å². The molecule has 2 aliphatic heterocycles. The standard InChI is InChI=1S/C16H28N4/c1-4-17-15(16-18-8-9-20(16)5-2)12-10-13-6-7-14(11-12)19(13)3/h8-9,12-15,17H,4-7,10-11H2,1-3H3. The molecule has 4 nitrogen and oxygen atoms in total. The topological polar surface area (TPSA) is 33.1 Å². The van der Waals surface area contributed by atoms with Crippen LogP contribution in [0.3, 0.4) is 0 Å². The van der Waals surface area contributed by atoms with Gasteiger partial charge in [-0.05, 0) is 52.1 Å². The highest BCUT2D eigenvalue weighted by atomic mass is 15.2. The van der Waals surface area contributed by atoms with Crippen molar-refractivity contribution < 1.29 is 0 Å². The highest BCUT2D eigenvalue weighted by Crippen LogP contribution is 2.42. The Hall–Kier alpha value is -0.870. The van der Waals surface area contributed by atoms with Crippen LogP contribution in [0.1, 0.15) is 51.4 Å². The normalized spacial score (nSPS) is 31.6. The molecule has 1 aromatic rings. The molecule has 1 aromatic heterocycles. The molecule has 3 unspecified atom stereocenters. The molecule has 0 aromatic carbocycles. The summed E-state index contributed by atoms with van der Waals surface area (Å²) in [5, 5.41) is 3.71. The van der Waals surface area contributed by atoms with E-state index in [1.165, 1.54) is 31.5 Å². The molecule has 2 bridgehead atoms. The Labute approximate surface area is 122 Å². The van der Waals surface area contributed by atoms with Crippen LogP contribution in [0, 0.1) is 5.92 Å². The molecule has 3 rings (SSSR count). The molecule has 112 valence electrons. The third-order valence-electron chi connectivity index (χ3n) is 5.40. The Morgan fingerprint density at radius 2 is 2.00 bits per heavy atom. The Morgan fingerprint density at radius 3 is 2.60 bits per heavy atom. The lowest BCUT2D eigenvalue weighted by Crippen LogP contribution is -2.44. The number of aryl methyl sites for hydroxylation is 1. The van der Waals surface area contributed by atoms with Crippen molar-refractivity contribution in [3.8, 4) is 0 Å². The van der Waals surface area contributed by atoms with Gasteiger partial charge < -0.3 is 14.8 Å². The molecule has 3 atom stereocenters. The maximum Gasteiger partial charge on any atom is 0.126 e. The average Bonchev–Trinajstić information content (AvgIpc) is 2.97. The quantitative estimate of drug-likeness (QED) is 0.896. The summed E-state index contributed by atoms with van der Waals surface area (Å²) in [6, 6.07) is 2.02. The van der Waals surface area contributed by atoms with Crippen LogP contribution in [-0.4, -0.2) is 40.1 Å². The summed E-state index contributed by atoms with van der Waals surface area (Å²) < 4.78 is 2.30. The second-order valence-corrected chi connectivity index (χ2v) is 6.39. The van der Waals surface area contributed by atoms with Crippen LogP contribution in [0.15, 0.2) is 12.4 Å². The number of nitrogens with zero attached hydrogens (tertiary/aromatic N) is 3. The van der Waals surface area contributed by atoms with Crippen LogP contribution in [0.25, 0.3) is 0 Å². The van der Waals surface area contributed by atoms with Gasteiger partial charge in [0, 0.05) is 31.0 Å². The lowest BCUT2D eigenvalue weighted by Gasteiger charge is -2.40. The van der Waals surface area contributed by atoms with Gasteiger partial charge in [-0.15, -0.1) is 0 Å². The van der Waals surface area contributed by atoms with Gasteiger partial charge in [-0.1, -0.05) is 6.92 Å². The Morgan fingerprint density at radius 1 is 1.30 bits per heavy atom. The van der Waals surface area contributed by atoms with E-state index in [4.69, 9.17) is 0 Å². The summed E-state index contributed by atoms with van der Waals surface area (Å²) >= 11 is 0. The summed E-state index contributed by atoms with van der Waals surface area (Å²) in [5.41, 5.74) is 0. The highest BCUT2D eigenvalue weighted by Gasteiger charge is 2.41. The maximum atomic E-state index is 4.66. The zero-order valence-corrected chi connectivity index (χ0v) is 13.0. The van der Waals surface area contributed by atoms with Crippen molar-refractivity contribution in [3.05, 3.63) is 18.2 Å². The molecule has 0 spiro atoms. The molecular formula is C16H28N4. The Kier molecular flexibility index (Phi) is 4.13. The summed E-state index contributed by atoms with van der Waals surface area (Å²) in [4.78, 5) is 7.27. The first-order chi connectivity index (χ1) is 9.74. The second kappa shape index (κ2) is 5.86. The molecule has 2 saturated heterocycles. The minimum absolute atomic E-state index is 0.423. The third kappa shape index (κ3) is 2.40. The monoisotopic (exact) mass is 276 g/mol. The van der Waals surface area contributed by atoms with Crippen LogP contribution in [0.2, 0.25) is 0 Å². The lowest BCUT2D eigenvalue weighted by molar-refractivity contribution is 0.110. The predicted molar refractivity (Wildman–Crippen MR) is 81.6 cm³/mol. The molecular weight excluding hydrogens is 248 g/mol. The predicted octanol–water partition coefficient (Wildman–Crippen LogP) is 2.43. The summed E-state index contributed by atoms with van der Waals surface area (Å²) in [6.07, 6.45) is 9.48. The zero-order chi connectivity index (χ0) is 14.1. The van der Waals surface area contributed by atoms with Gasteiger partial charge in [0.05, 0.1) is 6.04 Å². The number of imidazole rings is 1. The minimum Gasteiger partial charge on any atom is -0.334 e. The van der Waals surface area contributed by atoms with E-state index in [2.05, 4.69) is 46.9 Å². The first kappa shape index (κ1) is 14.1. The van der Waals surface area contributed by atoms with Crippen molar-refractivity contribution in [2.24, 2.45) is 5.92 Å². The first-order valence-electron chi connectivity index (χ1n) is 8.20. The third-order valence-corrected chi connectivity index (χ3v) is 5.40. The summed E-state index contributed by atoms with van der Waals surface area (Å²) in [7, 11) is 2.31. The largest absolute Gasteiger partial charge is 0.334 e. The van der Waals surface area contributed by atoms with Gasteiger partial charge in [-0.25, -0.2) is 4.98 Å². The number of aromatic nitrogens is 2. The number of hydrogen-bond acceptors (Lipinski definition) is 3. The molecule has 20 heavy (non-hydrogen) atoms. The van der Waals surface area contributed by atoms with E-state index < -0.39 is 0 Å². The molecule has 0 aliphatic carbocycles. The van der Waals surface area contributed by atoms with E-state index in [0.717, 1.165) is 31.1 Å². The SMILES string of the molecule is CCNC(c1nccn1CC)C1CC2CCC(C1)N2C. The maximum absolute atomic E-state index is 4.66. The molecule has 4 heteroatoms. The molecule has 2 fully saturated rings.